The SMILES string of the molecule is CCC1CC1Nc1snc(N)c1-c1ccncc1. The minimum Gasteiger partial charge on any atom is -0.382 e. The molecule has 1 fully saturated rings. The predicted octanol–water partition coefficient (Wildman–Crippen LogP) is 3.00. The first-order valence-corrected chi connectivity index (χ1v) is 6.99. The van der Waals surface area contributed by atoms with Crippen LogP contribution in [0.3, 0.4) is 0 Å². The van der Waals surface area contributed by atoms with Crippen LogP contribution >= 0.6 is 11.5 Å². The van der Waals surface area contributed by atoms with Gasteiger partial charge in [-0.2, -0.15) is 4.37 Å². The second-order valence-corrected chi connectivity index (χ2v) is 5.44. The van der Waals surface area contributed by atoms with Gasteiger partial charge < -0.3 is 11.1 Å². The summed E-state index contributed by atoms with van der Waals surface area (Å²) in [5.74, 6) is 1.40. The van der Waals surface area contributed by atoms with Gasteiger partial charge >= 0.3 is 0 Å². The molecule has 0 spiro atoms. The minimum atomic E-state index is 0.593. The van der Waals surface area contributed by atoms with E-state index in [1.807, 2.05) is 12.1 Å². The summed E-state index contributed by atoms with van der Waals surface area (Å²) in [7, 11) is 0. The number of hydrogen-bond acceptors (Lipinski definition) is 5. The monoisotopic (exact) mass is 260 g/mol. The molecule has 0 bridgehead atoms. The van der Waals surface area contributed by atoms with E-state index in [-0.39, 0.29) is 0 Å². The fourth-order valence-corrected chi connectivity index (χ4v) is 3.04. The highest BCUT2D eigenvalue weighted by Crippen LogP contribution is 2.42. The van der Waals surface area contributed by atoms with Crippen LogP contribution in [0.1, 0.15) is 19.8 Å². The number of anilines is 2. The van der Waals surface area contributed by atoms with Gasteiger partial charge in [-0.05, 0) is 41.6 Å². The zero-order valence-electron chi connectivity index (χ0n) is 10.3. The Hall–Kier alpha value is -1.62. The van der Waals surface area contributed by atoms with Crippen LogP contribution in [0.15, 0.2) is 24.5 Å². The number of nitrogen functional groups attached to an aromatic ring is 1. The molecule has 2 heterocycles. The Morgan fingerprint density at radius 2 is 2.22 bits per heavy atom. The maximum atomic E-state index is 5.98. The summed E-state index contributed by atoms with van der Waals surface area (Å²) >= 11 is 1.45. The van der Waals surface area contributed by atoms with Crippen LogP contribution in [-0.2, 0) is 0 Å². The number of rotatable bonds is 4. The van der Waals surface area contributed by atoms with E-state index in [9.17, 15) is 0 Å². The van der Waals surface area contributed by atoms with E-state index in [0.29, 0.717) is 11.9 Å². The maximum absolute atomic E-state index is 5.98. The molecule has 3 rings (SSSR count). The van der Waals surface area contributed by atoms with Crippen molar-refractivity contribution < 1.29 is 0 Å². The molecule has 1 aliphatic rings. The largest absolute Gasteiger partial charge is 0.382 e. The Balaban J connectivity index is 1.88. The molecule has 2 unspecified atom stereocenters. The first-order valence-electron chi connectivity index (χ1n) is 6.21. The molecule has 0 aromatic carbocycles. The normalized spacial score (nSPS) is 21.8. The molecule has 2 aromatic rings. The van der Waals surface area contributed by atoms with Crippen molar-refractivity contribution in [2.24, 2.45) is 5.92 Å². The molecule has 2 aromatic heterocycles. The van der Waals surface area contributed by atoms with Crippen molar-refractivity contribution in [3.8, 4) is 11.1 Å². The minimum absolute atomic E-state index is 0.593. The van der Waals surface area contributed by atoms with Crippen molar-refractivity contribution >= 4 is 22.4 Å². The lowest BCUT2D eigenvalue weighted by Gasteiger charge is -2.06. The van der Waals surface area contributed by atoms with Crippen LogP contribution in [0.4, 0.5) is 10.8 Å². The average molecular weight is 260 g/mol. The van der Waals surface area contributed by atoms with Gasteiger partial charge in [-0.1, -0.05) is 13.3 Å². The lowest BCUT2D eigenvalue weighted by Crippen LogP contribution is -2.04. The van der Waals surface area contributed by atoms with Crippen molar-refractivity contribution in [1.29, 1.82) is 0 Å². The molecule has 94 valence electrons. The summed E-state index contributed by atoms with van der Waals surface area (Å²) in [6, 6.07) is 4.53. The van der Waals surface area contributed by atoms with Gasteiger partial charge in [0.05, 0.1) is 5.56 Å². The highest BCUT2D eigenvalue weighted by Gasteiger charge is 2.36. The maximum Gasteiger partial charge on any atom is 0.147 e. The highest BCUT2D eigenvalue weighted by molar-refractivity contribution is 7.11. The van der Waals surface area contributed by atoms with Crippen molar-refractivity contribution in [3.63, 3.8) is 0 Å². The predicted molar refractivity (Wildman–Crippen MR) is 75.6 cm³/mol. The van der Waals surface area contributed by atoms with Crippen LogP contribution in [-0.4, -0.2) is 15.4 Å². The van der Waals surface area contributed by atoms with Gasteiger partial charge in [-0.3, -0.25) is 4.98 Å². The summed E-state index contributed by atoms with van der Waals surface area (Å²) < 4.78 is 4.26. The summed E-state index contributed by atoms with van der Waals surface area (Å²) in [4.78, 5) is 4.03. The van der Waals surface area contributed by atoms with Gasteiger partial charge in [0, 0.05) is 18.4 Å². The van der Waals surface area contributed by atoms with E-state index in [4.69, 9.17) is 5.73 Å². The number of nitrogens with two attached hydrogens (primary N) is 1. The fourth-order valence-electron chi connectivity index (χ4n) is 2.24. The van der Waals surface area contributed by atoms with Crippen LogP contribution < -0.4 is 11.1 Å². The molecule has 2 atom stereocenters. The van der Waals surface area contributed by atoms with Gasteiger partial charge in [-0.25, -0.2) is 0 Å². The van der Waals surface area contributed by atoms with Gasteiger partial charge in [-0.15, -0.1) is 0 Å². The summed E-state index contributed by atoms with van der Waals surface area (Å²) in [6.45, 7) is 2.23. The van der Waals surface area contributed by atoms with Crippen molar-refractivity contribution in [2.75, 3.05) is 11.1 Å². The third-order valence-corrected chi connectivity index (χ3v) is 4.24. The molecule has 0 radical (unpaired) electrons. The molecule has 18 heavy (non-hydrogen) atoms. The zero-order chi connectivity index (χ0) is 12.5. The second-order valence-electron chi connectivity index (χ2n) is 4.66. The average Bonchev–Trinajstić information content (AvgIpc) is 3.06. The van der Waals surface area contributed by atoms with Crippen LogP contribution in [0.2, 0.25) is 0 Å². The van der Waals surface area contributed by atoms with E-state index in [1.54, 1.807) is 12.4 Å². The van der Waals surface area contributed by atoms with Crippen LogP contribution in [0.5, 0.6) is 0 Å². The third-order valence-electron chi connectivity index (χ3n) is 3.45. The smallest absolute Gasteiger partial charge is 0.147 e. The molecule has 4 nitrogen and oxygen atoms in total. The van der Waals surface area contributed by atoms with E-state index in [2.05, 4.69) is 21.6 Å². The van der Waals surface area contributed by atoms with Crippen LogP contribution in [0, 0.1) is 5.92 Å². The number of hydrogen-bond donors (Lipinski definition) is 2. The lowest BCUT2D eigenvalue weighted by molar-refractivity contribution is 0.775. The molecular formula is C13H16N4S. The quantitative estimate of drug-likeness (QED) is 0.887. The van der Waals surface area contributed by atoms with E-state index < -0.39 is 0 Å². The molecule has 0 aliphatic heterocycles. The van der Waals surface area contributed by atoms with E-state index in [0.717, 1.165) is 22.0 Å². The first-order chi connectivity index (χ1) is 8.79. The first kappa shape index (κ1) is 11.5. The highest BCUT2D eigenvalue weighted by atomic mass is 32.1. The number of nitrogens with one attached hydrogen (secondary N) is 1. The number of aromatic nitrogens is 2. The molecule has 0 saturated heterocycles. The zero-order valence-corrected chi connectivity index (χ0v) is 11.1. The Labute approximate surface area is 110 Å². The Morgan fingerprint density at radius 1 is 1.44 bits per heavy atom. The van der Waals surface area contributed by atoms with Crippen molar-refractivity contribution in [2.45, 2.75) is 25.8 Å². The fraction of sp³-hybridized carbons (Fsp3) is 0.385. The molecule has 0 amide bonds. The van der Waals surface area contributed by atoms with Gasteiger partial charge in [0.2, 0.25) is 0 Å². The van der Waals surface area contributed by atoms with E-state index >= 15 is 0 Å². The van der Waals surface area contributed by atoms with Crippen molar-refractivity contribution in [1.82, 2.24) is 9.36 Å². The molecule has 1 saturated carbocycles. The summed E-state index contributed by atoms with van der Waals surface area (Å²) in [5, 5.41) is 4.64. The third kappa shape index (κ3) is 2.06. The Kier molecular flexibility index (Phi) is 2.91. The summed E-state index contributed by atoms with van der Waals surface area (Å²) in [6.07, 6.45) is 6.05. The van der Waals surface area contributed by atoms with E-state index in [1.165, 1.54) is 24.4 Å². The molecule has 1 aliphatic carbocycles. The second kappa shape index (κ2) is 4.57. The Bertz CT molecular complexity index is 537. The Morgan fingerprint density at radius 3 is 2.89 bits per heavy atom. The lowest BCUT2D eigenvalue weighted by atomic mass is 10.1. The van der Waals surface area contributed by atoms with Crippen LogP contribution in [0.25, 0.3) is 11.1 Å². The number of pyridine rings is 1. The van der Waals surface area contributed by atoms with Crippen molar-refractivity contribution in [3.05, 3.63) is 24.5 Å². The van der Waals surface area contributed by atoms with Gasteiger partial charge in [0.15, 0.2) is 0 Å². The molecule has 3 N–H and O–H groups in total. The van der Waals surface area contributed by atoms with Gasteiger partial charge in [0.1, 0.15) is 10.8 Å². The van der Waals surface area contributed by atoms with Gasteiger partial charge in [0.25, 0.3) is 0 Å². The topological polar surface area (TPSA) is 63.8 Å². The molecule has 5 heteroatoms. The summed E-state index contributed by atoms with van der Waals surface area (Å²) in [5.41, 5.74) is 8.07. The molecular weight excluding hydrogens is 244 g/mol. The number of nitrogens with zero attached hydrogens (tertiary/aromatic N) is 2. The standard InChI is InChI=1S/C13H16N4S/c1-2-8-7-10(8)16-13-11(12(14)17-18-13)9-3-5-15-6-4-9/h3-6,8,10,16H,2,7H2,1H3,(H2,14,17).